The first-order valence-electron chi connectivity index (χ1n) is 4.67. The van der Waals surface area contributed by atoms with Crippen molar-refractivity contribution in [1.82, 2.24) is 9.97 Å². The molecule has 1 saturated carbocycles. The zero-order valence-corrected chi connectivity index (χ0v) is 9.39. The molecule has 1 aliphatic carbocycles. The molecule has 5 heteroatoms. The minimum atomic E-state index is 0.253. The van der Waals surface area contributed by atoms with Gasteiger partial charge in [-0.3, -0.25) is 0 Å². The normalized spacial score (nSPS) is 15.6. The fourth-order valence-electron chi connectivity index (χ4n) is 1.51. The van der Waals surface area contributed by atoms with E-state index in [4.69, 9.17) is 23.2 Å². The molecule has 0 amide bonds. The fourth-order valence-corrected chi connectivity index (χ4v) is 1.83. The van der Waals surface area contributed by atoms with Gasteiger partial charge in [-0.2, -0.15) is 4.98 Å². The van der Waals surface area contributed by atoms with E-state index >= 15 is 0 Å². The Hall–Kier alpha value is -0.540. The van der Waals surface area contributed by atoms with Gasteiger partial charge in [0.1, 0.15) is 5.02 Å². The lowest BCUT2D eigenvalue weighted by Crippen LogP contribution is -2.26. The first-order valence-corrected chi connectivity index (χ1v) is 5.42. The molecule has 0 aromatic carbocycles. The maximum atomic E-state index is 6.02. The van der Waals surface area contributed by atoms with Gasteiger partial charge in [-0.1, -0.05) is 11.6 Å². The molecule has 0 bridgehead atoms. The molecule has 1 aromatic heterocycles. The second kappa shape index (κ2) is 3.91. The predicted molar refractivity (Wildman–Crippen MR) is 58.1 cm³/mol. The molecular formula is C9H11Cl2N3. The monoisotopic (exact) mass is 231 g/mol. The van der Waals surface area contributed by atoms with E-state index in [1.54, 1.807) is 6.20 Å². The van der Waals surface area contributed by atoms with E-state index in [1.807, 2.05) is 0 Å². The SMILES string of the molecule is CCN(c1nc(Cl)ncc1Cl)C1CC1. The molecule has 0 saturated heterocycles. The van der Waals surface area contributed by atoms with Gasteiger partial charge in [0.25, 0.3) is 0 Å². The van der Waals surface area contributed by atoms with Crippen LogP contribution in [0.25, 0.3) is 0 Å². The van der Waals surface area contributed by atoms with Crippen LogP contribution in [0.5, 0.6) is 0 Å². The van der Waals surface area contributed by atoms with Crippen LogP contribution in [0.3, 0.4) is 0 Å². The van der Waals surface area contributed by atoms with E-state index in [2.05, 4.69) is 21.8 Å². The highest BCUT2D eigenvalue weighted by atomic mass is 35.5. The third kappa shape index (κ3) is 1.93. The van der Waals surface area contributed by atoms with Crippen LogP contribution in [0, 0.1) is 0 Å². The molecular weight excluding hydrogens is 221 g/mol. The lowest BCUT2D eigenvalue weighted by atomic mass is 10.4. The van der Waals surface area contributed by atoms with Crippen molar-refractivity contribution in [1.29, 1.82) is 0 Å². The van der Waals surface area contributed by atoms with Gasteiger partial charge < -0.3 is 4.90 Å². The second-order valence-corrected chi connectivity index (χ2v) is 4.07. The number of hydrogen-bond donors (Lipinski definition) is 0. The van der Waals surface area contributed by atoms with Crippen LogP contribution in [0.4, 0.5) is 5.82 Å². The summed E-state index contributed by atoms with van der Waals surface area (Å²) in [6.45, 7) is 2.99. The fraction of sp³-hybridized carbons (Fsp3) is 0.556. The number of hydrogen-bond acceptors (Lipinski definition) is 3. The van der Waals surface area contributed by atoms with E-state index in [-0.39, 0.29) is 5.28 Å². The summed E-state index contributed by atoms with van der Waals surface area (Å²) in [5.74, 6) is 0.761. The van der Waals surface area contributed by atoms with Crippen molar-refractivity contribution >= 4 is 29.0 Å². The first kappa shape index (κ1) is 9.99. The zero-order chi connectivity index (χ0) is 10.1. The van der Waals surface area contributed by atoms with Crippen LogP contribution in [-0.2, 0) is 0 Å². The smallest absolute Gasteiger partial charge is 0.224 e. The summed E-state index contributed by atoms with van der Waals surface area (Å²) in [5, 5.41) is 0.826. The molecule has 0 spiro atoms. The Kier molecular flexibility index (Phi) is 2.79. The van der Waals surface area contributed by atoms with Crippen molar-refractivity contribution < 1.29 is 0 Å². The molecule has 0 aliphatic heterocycles. The standard InChI is InChI=1S/C9H11Cl2N3/c1-2-14(6-3-4-6)8-7(10)5-12-9(11)13-8/h5-6H,2-4H2,1H3. The van der Waals surface area contributed by atoms with Gasteiger partial charge in [-0.25, -0.2) is 4.98 Å². The van der Waals surface area contributed by atoms with E-state index in [9.17, 15) is 0 Å². The zero-order valence-electron chi connectivity index (χ0n) is 7.87. The maximum absolute atomic E-state index is 6.02. The lowest BCUT2D eigenvalue weighted by Gasteiger charge is -2.22. The van der Waals surface area contributed by atoms with Gasteiger partial charge in [0.15, 0.2) is 5.82 Å². The summed E-state index contributed by atoms with van der Waals surface area (Å²) in [7, 11) is 0. The quantitative estimate of drug-likeness (QED) is 0.750. The van der Waals surface area contributed by atoms with Crippen LogP contribution >= 0.6 is 23.2 Å². The number of aromatic nitrogens is 2. The highest BCUT2D eigenvalue weighted by Gasteiger charge is 2.30. The van der Waals surface area contributed by atoms with Crippen molar-refractivity contribution in [3.63, 3.8) is 0 Å². The molecule has 1 aliphatic rings. The Morgan fingerprint density at radius 3 is 2.79 bits per heavy atom. The summed E-state index contributed by atoms with van der Waals surface area (Å²) in [5.41, 5.74) is 0. The lowest BCUT2D eigenvalue weighted by molar-refractivity contribution is 0.805. The topological polar surface area (TPSA) is 29.0 Å². The van der Waals surface area contributed by atoms with Gasteiger partial charge in [0, 0.05) is 12.6 Å². The Balaban J connectivity index is 2.32. The van der Waals surface area contributed by atoms with E-state index in [1.165, 1.54) is 12.8 Å². The molecule has 14 heavy (non-hydrogen) atoms. The Labute approximate surface area is 93.1 Å². The largest absolute Gasteiger partial charge is 0.353 e. The summed E-state index contributed by atoms with van der Waals surface area (Å²) >= 11 is 11.8. The Morgan fingerprint density at radius 1 is 1.50 bits per heavy atom. The van der Waals surface area contributed by atoms with Crippen LogP contribution in [-0.4, -0.2) is 22.6 Å². The molecule has 1 fully saturated rings. The highest BCUT2D eigenvalue weighted by molar-refractivity contribution is 6.33. The Morgan fingerprint density at radius 2 is 2.21 bits per heavy atom. The molecule has 1 aromatic rings. The molecule has 0 N–H and O–H groups in total. The van der Waals surface area contributed by atoms with Crippen molar-refractivity contribution in [3.8, 4) is 0 Å². The average molecular weight is 232 g/mol. The van der Waals surface area contributed by atoms with Crippen LogP contribution in [0.1, 0.15) is 19.8 Å². The van der Waals surface area contributed by atoms with Crippen molar-refractivity contribution in [3.05, 3.63) is 16.5 Å². The maximum Gasteiger partial charge on any atom is 0.224 e. The van der Waals surface area contributed by atoms with E-state index < -0.39 is 0 Å². The number of rotatable bonds is 3. The Bertz CT molecular complexity index is 339. The minimum absolute atomic E-state index is 0.253. The van der Waals surface area contributed by atoms with Crippen LogP contribution in [0.2, 0.25) is 10.3 Å². The van der Waals surface area contributed by atoms with Crippen molar-refractivity contribution in [2.45, 2.75) is 25.8 Å². The highest BCUT2D eigenvalue weighted by Crippen LogP contribution is 2.34. The molecule has 2 rings (SSSR count). The third-order valence-corrected chi connectivity index (χ3v) is 2.75. The van der Waals surface area contributed by atoms with Crippen molar-refractivity contribution in [2.24, 2.45) is 0 Å². The van der Waals surface area contributed by atoms with Crippen molar-refractivity contribution in [2.75, 3.05) is 11.4 Å². The van der Waals surface area contributed by atoms with Gasteiger partial charge in [0.2, 0.25) is 5.28 Å². The van der Waals surface area contributed by atoms with Crippen LogP contribution in [0.15, 0.2) is 6.20 Å². The molecule has 76 valence electrons. The molecule has 0 atom stereocenters. The predicted octanol–water partition coefficient (Wildman–Crippen LogP) is 2.77. The van der Waals surface area contributed by atoms with E-state index in [0.717, 1.165) is 12.4 Å². The average Bonchev–Trinajstić information content (AvgIpc) is 2.96. The second-order valence-electron chi connectivity index (χ2n) is 3.33. The van der Waals surface area contributed by atoms with Gasteiger partial charge in [-0.05, 0) is 31.4 Å². The number of anilines is 1. The minimum Gasteiger partial charge on any atom is -0.353 e. The number of nitrogens with zero attached hydrogens (tertiary/aromatic N) is 3. The summed E-state index contributed by atoms with van der Waals surface area (Å²) in [6.07, 6.45) is 3.98. The van der Waals surface area contributed by atoms with Gasteiger partial charge >= 0.3 is 0 Å². The van der Waals surface area contributed by atoms with Gasteiger partial charge in [0.05, 0.1) is 6.20 Å². The molecule has 3 nitrogen and oxygen atoms in total. The first-order chi connectivity index (χ1) is 6.72. The molecule has 0 unspecified atom stereocenters. The van der Waals surface area contributed by atoms with Gasteiger partial charge in [-0.15, -0.1) is 0 Å². The number of halogens is 2. The molecule has 0 radical (unpaired) electrons. The third-order valence-electron chi connectivity index (χ3n) is 2.30. The summed E-state index contributed by atoms with van der Waals surface area (Å²) in [6, 6.07) is 0.587. The summed E-state index contributed by atoms with van der Waals surface area (Å²) < 4.78 is 0. The van der Waals surface area contributed by atoms with E-state index in [0.29, 0.717) is 11.1 Å². The molecule has 1 heterocycles. The summed E-state index contributed by atoms with van der Waals surface area (Å²) in [4.78, 5) is 10.2. The van der Waals surface area contributed by atoms with Crippen LogP contribution < -0.4 is 4.90 Å².